The molecule has 1 unspecified atom stereocenters. The molecule has 1 nitrogen and oxygen atoms in total. The van der Waals surface area contributed by atoms with Crippen LogP contribution in [0.3, 0.4) is 0 Å². The fourth-order valence-electron chi connectivity index (χ4n) is 2.67. The van der Waals surface area contributed by atoms with Crippen molar-refractivity contribution in [1.82, 2.24) is 5.32 Å². The molecule has 0 aliphatic heterocycles. The highest BCUT2D eigenvalue weighted by Gasteiger charge is 2.25. The summed E-state index contributed by atoms with van der Waals surface area (Å²) in [5.41, 5.74) is 2.87. The Morgan fingerprint density at radius 2 is 1.62 bits per heavy atom. The maximum atomic E-state index is 3.86. The third-order valence-corrected chi connectivity index (χ3v) is 4.06. The first-order valence-electron chi connectivity index (χ1n) is 7.66. The molecule has 1 N–H and O–H groups in total. The number of hydrogen-bond donors (Lipinski definition) is 1. The molecule has 0 aromatic heterocycles. The molecule has 0 saturated carbocycles. The van der Waals surface area contributed by atoms with E-state index in [-0.39, 0.29) is 5.41 Å². The zero-order chi connectivity index (χ0) is 15.0. The molecule has 1 heteroatoms. The highest BCUT2D eigenvalue weighted by molar-refractivity contribution is 5.25. The molecule has 2 aromatic carbocycles. The second kappa shape index (κ2) is 7.80. The van der Waals surface area contributed by atoms with E-state index < -0.39 is 0 Å². The van der Waals surface area contributed by atoms with Crippen LogP contribution < -0.4 is 5.32 Å². The Bertz CT molecular complexity index is 532. The summed E-state index contributed by atoms with van der Waals surface area (Å²) in [5, 5.41) is 3.62. The third-order valence-electron chi connectivity index (χ3n) is 4.06. The number of nitrogens with one attached hydrogen (secondary N) is 1. The summed E-state index contributed by atoms with van der Waals surface area (Å²) in [6.07, 6.45) is 4.17. The molecule has 0 fully saturated rings. The van der Waals surface area contributed by atoms with Gasteiger partial charge in [-0.05, 0) is 24.0 Å². The third kappa shape index (κ3) is 4.57. The molecule has 2 aromatic rings. The molecule has 2 rings (SSSR count). The highest BCUT2D eigenvalue weighted by atomic mass is 14.9. The summed E-state index contributed by atoms with van der Waals surface area (Å²) in [4.78, 5) is 0. The van der Waals surface area contributed by atoms with Crippen molar-refractivity contribution >= 4 is 0 Å². The van der Waals surface area contributed by atoms with Crippen LogP contribution in [0.1, 0.15) is 30.9 Å². The van der Waals surface area contributed by atoms with E-state index in [1.807, 2.05) is 6.08 Å². The van der Waals surface area contributed by atoms with Crippen LogP contribution >= 0.6 is 0 Å². The van der Waals surface area contributed by atoms with Gasteiger partial charge in [-0.15, -0.1) is 6.58 Å². The van der Waals surface area contributed by atoms with Gasteiger partial charge in [-0.1, -0.05) is 73.7 Å². The van der Waals surface area contributed by atoms with Crippen molar-refractivity contribution in [1.29, 1.82) is 0 Å². The Morgan fingerprint density at radius 3 is 2.24 bits per heavy atom. The number of hydrogen-bond acceptors (Lipinski definition) is 1. The predicted octanol–water partition coefficient (Wildman–Crippen LogP) is 4.70. The normalized spacial score (nSPS) is 13.6. The minimum absolute atomic E-state index is 0.143. The summed E-state index contributed by atoms with van der Waals surface area (Å²) < 4.78 is 0. The van der Waals surface area contributed by atoms with Gasteiger partial charge in [0.25, 0.3) is 0 Å². The highest BCUT2D eigenvalue weighted by Crippen LogP contribution is 2.28. The summed E-state index contributed by atoms with van der Waals surface area (Å²) >= 11 is 0. The number of benzene rings is 2. The van der Waals surface area contributed by atoms with Crippen LogP contribution in [0.25, 0.3) is 0 Å². The second-order valence-electron chi connectivity index (χ2n) is 5.84. The van der Waals surface area contributed by atoms with Crippen molar-refractivity contribution in [3.63, 3.8) is 0 Å². The molecular weight excluding hydrogens is 254 g/mol. The Morgan fingerprint density at radius 1 is 1.00 bits per heavy atom. The average molecular weight is 279 g/mol. The van der Waals surface area contributed by atoms with Gasteiger partial charge >= 0.3 is 0 Å². The quantitative estimate of drug-likeness (QED) is 0.691. The predicted molar refractivity (Wildman–Crippen MR) is 91.4 cm³/mol. The van der Waals surface area contributed by atoms with Crippen molar-refractivity contribution in [2.24, 2.45) is 0 Å². The van der Waals surface area contributed by atoms with Gasteiger partial charge in [-0.3, -0.25) is 0 Å². The second-order valence-corrected chi connectivity index (χ2v) is 5.84. The molecule has 0 aliphatic carbocycles. The summed E-state index contributed by atoms with van der Waals surface area (Å²) in [6.45, 7) is 8.09. The van der Waals surface area contributed by atoms with Crippen LogP contribution in [0.5, 0.6) is 0 Å². The van der Waals surface area contributed by atoms with Crippen LogP contribution in [-0.2, 0) is 12.0 Å². The lowest BCUT2D eigenvalue weighted by Crippen LogP contribution is -2.35. The van der Waals surface area contributed by atoms with E-state index in [9.17, 15) is 0 Å². The molecule has 0 saturated heterocycles. The van der Waals surface area contributed by atoms with Crippen molar-refractivity contribution in [2.45, 2.75) is 31.7 Å². The van der Waals surface area contributed by atoms with Crippen molar-refractivity contribution in [3.8, 4) is 0 Å². The minimum Gasteiger partial charge on any atom is -0.312 e. The zero-order valence-electron chi connectivity index (χ0n) is 12.9. The number of allylic oxidation sites excluding steroid dienone is 1. The molecule has 0 heterocycles. The summed E-state index contributed by atoms with van der Waals surface area (Å²) in [5.74, 6) is 0. The topological polar surface area (TPSA) is 12.0 Å². The van der Waals surface area contributed by atoms with Gasteiger partial charge in [0.1, 0.15) is 0 Å². The Labute approximate surface area is 128 Å². The molecule has 0 bridgehead atoms. The van der Waals surface area contributed by atoms with Crippen LogP contribution in [0.2, 0.25) is 0 Å². The maximum Gasteiger partial charge on any atom is 0.0205 e. The van der Waals surface area contributed by atoms with Gasteiger partial charge in [0.15, 0.2) is 0 Å². The standard InChI is InChI=1S/C20H25N/c1-3-4-15-20(2,19-13-9-6-10-14-19)17-21-16-18-11-7-5-8-12-18/h3,5-14,21H,1,4,15-17H2,2H3. The maximum absolute atomic E-state index is 3.86. The van der Waals surface area contributed by atoms with Gasteiger partial charge in [0.2, 0.25) is 0 Å². The molecule has 0 spiro atoms. The van der Waals surface area contributed by atoms with Gasteiger partial charge in [-0.25, -0.2) is 0 Å². The van der Waals surface area contributed by atoms with E-state index >= 15 is 0 Å². The van der Waals surface area contributed by atoms with E-state index in [4.69, 9.17) is 0 Å². The van der Waals surface area contributed by atoms with Crippen LogP contribution in [0.4, 0.5) is 0 Å². The molecule has 21 heavy (non-hydrogen) atoms. The van der Waals surface area contributed by atoms with Gasteiger partial charge < -0.3 is 5.32 Å². The van der Waals surface area contributed by atoms with E-state index in [0.717, 1.165) is 25.9 Å². The Kier molecular flexibility index (Phi) is 5.77. The summed E-state index contributed by atoms with van der Waals surface area (Å²) in [7, 11) is 0. The number of rotatable bonds is 8. The first-order chi connectivity index (χ1) is 10.2. The average Bonchev–Trinajstić information content (AvgIpc) is 2.55. The Balaban J connectivity index is 2.01. The van der Waals surface area contributed by atoms with Crippen molar-refractivity contribution in [2.75, 3.05) is 6.54 Å². The van der Waals surface area contributed by atoms with Crippen LogP contribution in [0, 0.1) is 0 Å². The molecule has 0 amide bonds. The Hall–Kier alpha value is -1.86. The van der Waals surface area contributed by atoms with Crippen LogP contribution in [-0.4, -0.2) is 6.54 Å². The fraction of sp³-hybridized carbons (Fsp3) is 0.300. The zero-order valence-corrected chi connectivity index (χ0v) is 12.9. The lowest BCUT2D eigenvalue weighted by Gasteiger charge is -2.30. The lowest BCUT2D eigenvalue weighted by atomic mass is 9.78. The van der Waals surface area contributed by atoms with Crippen LogP contribution in [0.15, 0.2) is 73.3 Å². The molecule has 110 valence electrons. The first-order valence-corrected chi connectivity index (χ1v) is 7.66. The fourth-order valence-corrected chi connectivity index (χ4v) is 2.67. The van der Waals surface area contributed by atoms with Crippen molar-refractivity contribution in [3.05, 3.63) is 84.4 Å². The monoisotopic (exact) mass is 279 g/mol. The van der Waals surface area contributed by atoms with E-state index in [1.54, 1.807) is 0 Å². The lowest BCUT2D eigenvalue weighted by molar-refractivity contribution is 0.403. The molecule has 1 atom stereocenters. The SMILES string of the molecule is C=CCCC(C)(CNCc1ccccc1)c1ccccc1. The first kappa shape index (κ1) is 15.5. The van der Waals surface area contributed by atoms with Gasteiger partial charge in [0.05, 0.1) is 0 Å². The smallest absolute Gasteiger partial charge is 0.0205 e. The van der Waals surface area contributed by atoms with E-state index in [2.05, 4.69) is 79.5 Å². The van der Waals surface area contributed by atoms with E-state index in [0.29, 0.717) is 0 Å². The van der Waals surface area contributed by atoms with E-state index in [1.165, 1.54) is 11.1 Å². The molecular formula is C20H25N. The van der Waals surface area contributed by atoms with Crippen molar-refractivity contribution < 1.29 is 0 Å². The minimum atomic E-state index is 0.143. The molecule has 0 aliphatic rings. The van der Waals surface area contributed by atoms with Gasteiger partial charge in [0, 0.05) is 18.5 Å². The van der Waals surface area contributed by atoms with Gasteiger partial charge in [-0.2, -0.15) is 0 Å². The summed E-state index contributed by atoms with van der Waals surface area (Å²) in [6, 6.07) is 21.3. The molecule has 0 radical (unpaired) electrons. The largest absolute Gasteiger partial charge is 0.312 e.